The highest BCUT2D eigenvalue weighted by Crippen LogP contribution is 2.26. The highest BCUT2D eigenvalue weighted by atomic mass is 16.5. The molecule has 42 heavy (non-hydrogen) atoms. The first-order chi connectivity index (χ1) is 20.5. The summed E-state index contributed by atoms with van der Waals surface area (Å²) in [6.07, 6.45) is 40.8. The zero-order valence-corrected chi connectivity index (χ0v) is 29.7. The molecule has 0 aromatic heterocycles. The van der Waals surface area contributed by atoms with Crippen LogP contribution in [0.4, 0.5) is 0 Å². The minimum absolute atomic E-state index is 0.0108. The van der Waals surface area contributed by atoms with Gasteiger partial charge in [0.25, 0.3) is 0 Å². The van der Waals surface area contributed by atoms with Gasteiger partial charge in [0.2, 0.25) is 0 Å². The summed E-state index contributed by atoms with van der Waals surface area (Å²) in [4.78, 5) is 12.6. The number of unbranched alkanes of at least 4 members (excludes halogenated alkanes) is 26. The maximum Gasteiger partial charge on any atom is 0.311 e. The Morgan fingerprint density at radius 3 is 1.14 bits per heavy atom. The van der Waals surface area contributed by atoms with Crippen molar-refractivity contribution in [3.05, 3.63) is 0 Å². The van der Waals surface area contributed by atoms with Crippen LogP contribution in [0.1, 0.15) is 220 Å². The summed E-state index contributed by atoms with van der Waals surface area (Å²) in [7, 11) is 0. The fraction of sp³-hybridized carbons (Fsp3) is 0.974. The number of hydrogen-bond donors (Lipinski definition) is 1. The Morgan fingerprint density at radius 2 is 0.762 bits per heavy atom. The summed E-state index contributed by atoms with van der Waals surface area (Å²) >= 11 is 0. The van der Waals surface area contributed by atoms with Gasteiger partial charge in [0.1, 0.15) is 0 Å². The number of carbonyl (C=O) groups is 1. The number of rotatable bonds is 35. The Labute approximate surface area is 265 Å². The van der Waals surface area contributed by atoms with Crippen LogP contribution in [0, 0.1) is 5.41 Å². The third-order valence-electron chi connectivity index (χ3n) is 9.15. The summed E-state index contributed by atoms with van der Waals surface area (Å²) in [5.41, 5.74) is -0.348. The molecule has 0 unspecified atom stereocenters. The van der Waals surface area contributed by atoms with Gasteiger partial charge >= 0.3 is 5.97 Å². The lowest BCUT2D eigenvalue weighted by Gasteiger charge is -2.22. The lowest BCUT2D eigenvalue weighted by Crippen LogP contribution is -2.28. The first-order valence-electron chi connectivity index (χ1n) is 19.4. The van der Waals surface area contributed by atoms with Crippen LogP contribution in [-0.4, -0.2) is 25.7 Å². The smallest absolute Gasteiger partial charge is 0.311 e. The SMILES string of the molecule is CCCCCCCCCCCCCCCCCCNCCCOC(=O)C(C)(C)CCCCCCCCCCCCCC. The molecule has 3 nitrogen and oxygen atoms in total. The standard InChI is InChI=1S/C39H79NO2/c1-5-7-9-11-13-15-17-19-20-21-22-24-26-28-30-32-35-40-36-33-37-42-38(41)39(3,4)34-31-29-27-25-23-18-16-14-12-10-8-6-2/h40H,5-37H2,1-4H3. The molecule has 0 aliphatic carbocycles. The molecule has 0 aromatic rings. The van der Waals surface area contributed by atoms with E-state index in [4.69, 9.17) is 4.74 Å². The van der Waals surface area contributed by atoms with E-state index in [0.29, 0.717) is 6.61 Å². The van der Waals surface area contributed by atoms with Crippen molar-refractivity contribution in [3.8, 4) is 0 Å². The van der Waals surface area contributed by atoms with Crippen molar-refractivity contribution in [2.45, 2.75) is 220 Å². The van der Waals surface area contributed by atoms with E-state index in [1.807, 2.05) is 0 Å². The number of ether oxygens (including phenoxy) is 1. The van der Waals surface area contributed by atoms with Gasteiger partial charge in [-0.05, 0) is 46.2 Å². The van der Waals surface area contributed by atoms with E-state index >= 15 is 0 Å². The van der Waals surface area contributed by atoms with Gasteiger partial charge in [0.15, 0.2) is 0 Å². The molecule has 0 aromatic carbocycles. The van der Waals surface area contributed by atoms with Crippen molar-refractivity contribution in [2.75, 3.05) is 19.7 Å². The molecule has 0 spiro atoms. The van der Waals surface area contributed by atoms with E-state index in [1.165, 1.54) is 173 Å². The van der Waals surface area contributed by atoms with Crippen LogP contribution in [0.3, 0.4) is 0 Å². The summed E-state index contributed by atoms with van der Waals surface area (Å²) in [6, 6.07) is 0. The van der Waals surface area contributed by atoms with Gasteiger partial charge in [-0.3, -0.25) is 4.79 Å². The number of hydrogen-bond acceptors (Lipinski definition) is 3. The van der Waals surface area contributed by atoms with Crippen LogP contribution in [0.2, 0.25) is 0 Å². The third kappa shape index (κ3) is 30.9. The Balaban J connectivity index is 3.36. The maximum atomic E-state index is 12.6. The number of nitrogens with one attached hydrogen (secondary N) is 1. The molecule has 0 aliphatic rings. The first kappa shape index (κ1) is 41.4. The molecule has 252 valence electrons. The molecule has 0 heterocycles. The fourth-order valence-electron chi connectivity index (χ4n) is 5.99. The first-order valence-corrected chi connectivity index (χ1v) is 19.4. The molecule has 0 saturated heterocycles. The average molecular weight is 594 g/mol. The van der Waals surface area contributed by atoms with Crippen molar-refractivity contribution in [1.29, 1.82) is 0 Å². The topological polar surface area (TPSA) is 38.3 Å². The second kappa shape index (κ2) is 33.3. The van der Waals surface area contributed by atoms with Crippen LogP contribution in [0.5, 0.6) is 0 Å². The third-order valence-corrected chi connectivity index (χ3v) is 9.15. The molecule has 3 heteroatoms. The van der Waals surface area contributed by atoms with E-state index in [1.54, 1.807) is 0 Å². The molecule has 0 aliphatic heterocycles. The predicted molar refractivity (Wildman–Crippen MR) is 187 cm³/mol. The zero-order chi connectivity index (χ0) is 30.8. The second-order valence-corrected chi connectivity index (χ2v) is 14.1. The van der Waals surface area contributed by atoms with Crippen LogP contribution in [-0.2, 0) is 9.53 Å². The summed E-state index contributed by atoms with van der Waals surface area (Å²) in [6.45, 7) is 11.3. The summed E-state index contributed by atoms with van der Waals surface area (Å²) in [5.74, 6) is -0.0108. The fourth-order valence-corrected chi connectivity index (χ4v) is 5.99. The second-order valence-electron chi connectivity index (χ2n) is 14.1. The quantitative estimate of drug-likeness (QED) is 0.0586. The molecular formula is C39H79NO2. The average Bonchev–Trinajstić information content (AvgIpc) is 2.98. The highest BCUT2D eigenvalue weighted by molar-refractivity contribution is 5.75. The van der Waals surface area contributed by atoms with Crippen LogP contribution >= 0.6 is 0 Å². The largest absolute Gasteiger partial charge is 0.465 e. The normalized spacial score (nSPS) is 11.8. The summed E-state index contributed by atoms with van der Waals surface area (Å²) in [5, 5.41) is 3.53. The molecule has 1 N–H and O–H groups in total. The Morgan fingerprint density at radius 1 is 0.452 bits per heavy atom. The molecule has 0 bridgehead atoms. The van der Waals surface area contributed by atoms with Gasteiger partial charge in [0, 0.05) is 0 Å². The van der Waals surface area contributed by atoms with Crippen molar-refractivity contribution >= 4 is 5.97 Å². The van der Waals surface area contributed by atoms with Gasteiger partial charge < -0.3 is 10.1 Å². The van der Waals surface area contributed by atoms with Crippen LogP contribution in [0.15, 0.2) is 0 Å². The minimum atomic E-state index is -0.348. The molecule has 0 rings (SSSR count). The van der Waals surface area contributed by atoms with E-state index in [2.05, 4.69) is 33.0 Å². The van der Waals surface area contributed by atoms with Crippen molar-refractivity contribution < 1.29 is 9.53 Å². The molecule has 0 radical (unpaired) electrons. The lowest BCUT2D eigenvalue weighted by atomic mass is 9.87. The molecule has 0 saturated carbocycles. The molecule has 0 amide bonds. The summed E-state index contributed by atoms with van der Waals surface area (Å²) < 4.78 is 5.62. The molecular weight excluding hydrogens is 514 g/mol. The van der Waals surface area contributed by atoms with Gasteiger partial charge in [0.05, 0.1) is 12.0 Å². The highest BCUT2D eigenvalue weighted by Gasteiger charge is 2.28. The Bertz CT molecular complexity index is 532. The van der Waals surface area contributed by atoms with Gasteiger partial charge in [-0.15, -0.1) is 0 Å². The van der Waals surface area contributed by atoms with Gasteiger partial charge in [-0.25, -0.2) is 0 Å². The Kier molecular flexibility index (Phi) is 32.9. The lowest BCUT2D eigenvalue weighted by molar-refractivity contribution is -0.154. The number of esters is 1. The van der Waals surface area contributed by atoms with Crippen molar-refractivity contribution in [1.82, 2.24) is 5.32 Å². The van der Waals surface area contributed by atoms with E-state index in [0.717, 1.165) is 32.4 Å². The van der Waals surface area contributed by atoms with Crippen LogP contribution < -0.4 is 5.32 Å². The van der Waals surface area contributed by atoms with E-state index < -0.39 is 0 Å². The van der Waals surface area contributed by atoms with Crippen molar-refractivity contribution in [3.63, 3.8) is 0 Å². The zero-order valence-electron chi connectivity index (χ0n) is 29.7. The monoisotopic (exact) mass is 594 g/mol. The predicted octanol–water partition coefficient (Wildman–Crippen LogP) is 12.9. The minimum Gasteiger partial charge on any atom is -0.465 e. The van der Waals surface area contributed by atoms with E-state index in [9.17, 15) is 4.79 Å². The van der Waals surface area contributed by atoms with E-state index in [-0.39, 0.29) is 11.4 Å². The Hall–Kier alpha value is -0.570. The molecule has 0 fully saturated rings. The van der Waals surface area contributed by atoms with Gasteiger partial charge in [-0.1, -0.05) is 187 Å². The van der Waals surface area contributed by atoms with Gasteiger partial charge in [-0.2, -0.15) is 0 Å². The van der Waals surface area contributed by atoms with Crippen molar-refractivity contribution in [2.24, 2.45) is 5.41 Å². The van der Waals surface area contributed by atoms with Crippen LogP contribution in [0.25, 0.3) is 0 Å². The maximum absolute atomic E-state index is 12.6. The molecule has 0 atom stereocenters. The number of carbonyl (C=O) groups excluding carboxylic acids is 1.